The fraction of sp³-hybridized carbons (Fsp3) is 0.923. The minimum Gasteiger partial charge on any atom is -0.342 e. The highest BCUT2D eigenvalue weighted by Gasteiger charge is 2.31. The van der Waals surface area contributed by atoms with E-state index in [9.17, 15) is 4.79 Å². The first-order valence-electron chi connectivity index (χ1n) is 6.73. The molecule has 0 radical (unpaired) electrons. The van der Waals surface area contributed by atoms with Gasteiger partial charge in [0.2, 0.25) is 5.91 Å². The molecular weight excluding hydrogens is 214 g/mol. The van der Waals surface area contributed by atoms with E-state index in [0.29, 0.717) is 5.92 Å². The van der Waals surface area contributed by atoms with Crippen molar-refractivity contribution >= 4 is 5.91 Å². The van der Waals surface area contributed by atoms with E-state index in [0.717, 1.165) is 39.0 Å². The maximum Gasteiger partial charge on any atom is 0.239 e. The van der Waals surface area contributed by atoms with Crippen LogP contribution >= 0.6 is 0 Å². The summed E-state index contributed by atoms with van der Waals surface area (Å²) in [5.41, 5.74) is 0. The van der Waals surface area contributed by atoms with Crippen LogP contribution in [0.1, 0.15) is 26.7 Å². The number of hydrogen-bond acceptors (Lipinski definition) is 3. The molecule has 2 atom stereocenters. The van der Waals surface area contributed by atoms with Gasteiger partial charge in [0, 0.05) is 13.1 Å². The van der Waals surface area contributed by atoms with Crippen LogP contribution in [-0.4, -0.2) is 62.0 Å². The lowest BCUT2D eigenvalue weighted by Gasteiger charge is -2.26. The van der Waals surface area contributed by atoms with Crippen molar-refractivity contribution in [2.45, 2.75) is 32.7 Å². The molecule has 0 aliphatic carbocycles. The molecule has 4 nitrogen and oxygen atoms in total. The summed E-state index contributed by atoms with van der Waals surface area (Å²) in [6.45, 7) is 7.93. The van der Waals surface area contributed by atoms with Crippen LogP contribution in [0.2, 0.25) is 0 Å². The molecule has 1 aliphatic rings. The Bertz CT molecular complexity index is 243. The molecule has 1 N–H and O–H groups in total. The number of rotatable bonds is 6. The van der Waals surface area contributed by atoms with E-state index in [2.05, 4.69) is 38.2 Å². The van der Waals surface area contributed by atoms with Crippen LogP contribution < -0.4 is 5.32 Å². The summed E-state index contributed by atoms with van der Waals surface area (Å²) in [6.07, 6.45) is 2.17. The number of carbonyl (C=O) groups excluding carboxylic acids is 1. The standard InChI is InChI=1S/C13H27N3O/c1-5-16(10-6-9-15(3)4)13(17)12-11(2)7-8-14-12/h11-12,14H,5-10H2,1-4H3. The molecule has 1 heterocycles. The Balaban J connectivity index is 2.40. The molecule has 1 rings (SSSR count). The first-order chi connectivity index (χ1) is 8.06. The zero-order chi connectivity index (χ0) is 12.8. The first-order valence-corrected chi connectivity index (χ1v) is 6.73. The molecule has 4 heteroatoms. The molecule has 0 spiro atoms. The van der Waals surface area contributed by atoms with Crippen molar-refractivity contribution in [1.82, 2.24) is 15.1 Å². The molecule has 1 aliphatic heterocycles. The van der Waals surface area contributed by atoms with Gasteiger partial charge in [0.25, 0.3) is 0 Å². The van der Waals surface area contributed by atoms with Gasteiger partial charge < -0.3 is 15.1 Å². The van der Waals surface area contributed by atoms with Crippen LogP contribution in [0.15, 0.2) is 0 Å². The minimum atomic E-state index is 0.0503. The van der Waals surface area contributed by atoms with Crippen LogP contribution in [0, 0.1) is 5.92 Å². The molecule has 2 unspecified atom stereocenters. The average molecular weight is 241 g/mol. The average Bonchev–Trinajstić information content (AvgIpc) is 2.69. The van der Waals surface area contributed by atoms with Gasteiger partial charge in [0.1, 0.15) is 0 Å². The van der Waals surface area contributed by atoms with E-state index < -0.39 is 0 Å². The van der Waals surface area contributed by atoms with Crippen LogP contribution in [0.4, 0.5) is 0 Å². The Labute approximate surface area is 105 Å². The number of carbonyl (C=O) groups is 1. The van der Waals surface area contributed by atoms with E-state index in [-0.39, 0.29) is 11.9 Å². The molecule has 1 amide bonds. The second kappa shape index (κ2) is 6.97. The van der Waals surface area contributed by atoms with Gasteiger partial charge in [0.05, 0.1) is 6.04 Å². The summed E-state index contributed by atoms with van der Waals surface area (Å²) in [7, 11) is 4.14. The highest BCUT2D eigenvalue weighted by molar-refractivity contribution is 5.82. The van der Waals surface area contributed by atoms with Gasteiger partial charge in [-0.2, -0.15) is 0 Å². The number of hydrogen-bond donors (Lipinski definition) is 1. The lowest BCUT2D eigenvalue weighted by Crippen LogP contribution is -2.46. The summed E-state index contributed by atoms with van der Waals surface area (Å²) in [4.78, 5) is 16.5. The number of nitrogens with zero attached hydrogens (tertiary/aromatic N) is 2. The van der Waals surface area contributed by atoms with Crippen molar-refractivity contribution in [3.63, 3.8) is 0 Å². The Hall–Kier alpha value is -0.610. The molecule has 1 saturated heterocycles. The molecule has 0 aromatic rings. The topological polar surface area (TPSA) is 35.6 Å². The van der Waals surface area contributed by atoms with Gasteiger partial charge in [-0.25, -0.2) is 0 Å². The summed E-state index contributed by atoms with van der Waals surface area (Å²) in [5, 5.41) is 3.32. The monoisotopic (exact) mass is 241 g/mol. The second-order valence-electron chi connectivity index (χ2n) is 5.27. The maximum absolute atomic E-state index is 12.3. The van der Waals surface area contributed by atoms with Gasteiger partial charge in [-0.05, 0) is 52.9 Å². The third-order valence-electron chi connectivity index (χ3n) is 3.53. The van der Waals surface area contributed by atoms with Gasteiger partial charge in [-0.15, -0.1) is 0 Å². The van der Waals surface area contributed by atoms with Crippen molar-refractivity contribution < 1.29 is 4.79 Å². The van der Waals surface area contributed by atoms with E-state index in [4.69, 9.17) is 0 Å². The molecule has 100 valence electrons. The van der Waals surface area contributed by atoms with E-state index in [1.165, 1.54) is 0 Å². The summed E-state index contributed by atoms with van der Waals surface area (Å²) in [5.74, 6) is 0.765. The lowest BCUT2D eigenvalue weighted by molar-refractivity contribution is -0.133. The Kier molecular flexibility index (Phi) is 5.92. The largest absolute Gasteiger partial charge is 0.342 e. The van der Waals surface area contributed by atoms with Crippen LogP contribution in [-0.2, 0) is 4.79 Å². The first kappa shape index (κ1) is 14.5. The summed E-state index contributed by atoms with van der Waals surface area (Å²) >= 11 is 0. The third kappa shape index (κ3) is 4.28. The highest BCUT2D eigenvalue weighted by Crippen LogP contribution is 2.16. The zero-order valence-electron chi connectivity index (χ0n) is 11.7. The third-order valence-corrected chi connectivity index (χ3v) is 3.53. The number of amides is 1. The van der Waals surface area contributed by atoms with E-state index in [1.807, 2.05) is 4.90 Å². The van der Waals surface area contributed by atoms with E-state index >= 15 is 0 Å². The normalized spacial score (nSPS) is 24.3. The minimum absolute atomic E-state index is 0.0503. The van der Waals surface area contributed by atoms with Gasteiger partial charge in [0.15, 0.2) is 0 Å². The van der Waals surface area contributed by atoms with Gasteiger partial charge in [-0.3, -0.25) is 4.79 Å². The molecule has 17 heavy (non-hydrogen) atoms. The summed E-state index contributed by atoms with van der Waals surface area (Å²) < 4.78 is 0. The van der Waals surface area contributed by atoms with Crippen molar-refractivity contribution in [3.05, 3.63) is 0 Å². The maximum atomic E-state index is 12.3. The Morgan fingerprint density at radius 3 is 2.53 bits per heavy atom. The second-order valence-corrected chi connectivity index (χ2v) is 5.27. The van der Waals surface area contributed by atoms with Crippen molar-refractivity contribution in [2.75, 3.05) is 40.3 Å². The predicted octanol–water partition coefficient (Wildman–Crippen LogP) is 0.785. The Morgan fingerprint density at radius 1 is 1.35 bits per heavy atom. The van der Waals surface area contributed by atoms with Gasteiger partial charge in [-0.1, -0.05) is 6.92 Å². The van der Waals surface area contributed by atoms with Crippen molar-refractivity contribution in [3.8, 4) is 0 Å². The number of nitrogens with one attached hydrogen (secondary N) is 1. The van der Waals surface area contributed by atoms with Crippen LogP contribution in [0.5, 0.6) is 0 Å². The fourth-order valence-electron chi connectivity index (χ4n) is 2.36. The highest BCUT2D eigenvalue weighted by atomic mass is 16.2. The molecule has 0 bridgehead atoms. The zero-order valence-corrected chi connectivity index (χ0v) is 11.7. The van der Waals surface area contributed by atoms with Crippen LogP contribution in [0.25, 0.3) is 0 Å². The molecule has 0 saturated carbocycles. The Morgan fingerprint density at radius 2 is 2.06 bits per heavy atom. The van der Waals surface area contributed by atoms with Gasteiger partial charge >= 0.3 is 0 Å². The quantitative estimate of drug-likeness (QED) is 0.746. The lowest BCUT2D eigenvalue weighted by atomic mass is 10.0. The summed E-state index contributed by atoms with van der Waals surface area (Å²) in [6, 6.07) is 0.0503. The SMILES string of the molecule is CCN(CCCN(C)C)C(=O)C1NCCC1C. The molecule has 0 aromatic heterocycles. The van der Waals surface area contributed by atoms with Crippen molar-refractivity contribution in [2.24, 2.45) is 5.92 Å². The number of likely N-dealkylation sites (N-methyl/N-ethyl adjacent to an activating group) is 1. The molecular formula is C13H27N3O. The fourth-order valence-corrected chi connectivity index (χ4v) is 2.36. The molecule has 1 fully saturated rings. The predicted molar refractivity (Wildman–Crippen MR) is 71.0 cm³/mol. The molecule has 0 aromatic carbocycles. The van der Waals surface area contributed by atoms with Crippen molar-refractivity contribution in [1.29, 1.82) is 0 Å². The van der Waals surface area contributed by atoms with E-state index in [1.54, 1.807) is 0 Å². The smallest absolute Gasteiger partial charge is 0.239 e. The van der Waals surface area contributed by atoms with Crippen LogP contribution in [0.3, 0.4) is 0 Å².